The van der Waals surface area contributed by atoms with Gasteiger partial charge in [0.2, 0.25) is 0 Å². The Morgan fingerprint density at radius 3 is 2.57 bits per heavy atom. The van der Waals surface area contributed by atoms with Crippen molar-refractivity contribution < 1.29 is 9.18 Å². The standard InChI is InChI=1S/C23H32FN5O/c1-5-26-23(27-13-12-17-8-6-10-19(14-17)22(30)25-2)28-16-21(29(3)4)18-9-7-11-20(24)15-18/h6-11,14-15,21H,5,12-13,16H2,1-4H3,(H,25,30)(H2,26,27,28). The van der Waals surface area contributed by atoms with Gasteiger partial charge in [-0.15, -0.1) is 0 Å². The zero-order valence-corrected chi connectivity index (χ0v) is 18.2. The normalized spacial score (nSPS) is 12.5. The quantitative estimate of drug-likeness (QED) is 0.437. The van der Waals surface area contributed by atoms with Gasteiger partial charge in [0.05, 0.1) is 12.6 Å². The summed E-state index contributed by atoms with van der Waals surface area (Å²) >= 11 is 0. The molecule has 0 spiro atoms. The van der Waals surface area contributed by atoms with E-state index in [1.54, 1.807) is 25.2 Å². The van der Waals surface area contributed by atoms with Crippen LogP contribution < -0.4 is 16.0 Å². The molecule has 2 aromatic carbocycles. The molecule has 1 amide bonds. The van der Waals surface area contributed by atoms with Crippen LogP contribution in [0.25, 0.3) is 0 Å². The highest BCUT2D eigenvalue weighted by Gasteiger charge is 2.14. The number of amides is 1. The van der Waals surface area contributed by atoms with Gasteiger partial charge >= 0.3 is 0 Å². The second-order valence-electron chi connectivity index (χ2n) is 7.21. The fourth-order valence-corrected chi connectivity index (χ4v) is 3.14. The number of aliphatic imine (C=N–C) groups is 1. The molecule has 0 radical (unpaired) electrons. The van der Waals surface area contributed by atoms with Crippen LogP contribution in [0.4, 0.5) is 4.39 Å². The smallest absolute Gasteiger partial charge is 0.251 e. The largest absolute Gasteiger partial charge is 0.357 e. The highest BCUT2D eigenvalue weighted by Crippen LogP contribution is 2.19. The van der Waals surface area contributed by atoms with Crippen molar-refractivity contribution in [1.29, 1.82) is 0 Å². The SMILES string of the molecule is CCNC(=NCC(c1cccc(F)c1)N(C)C)NCCc1cccc(C(=O)NC)c1. The number of nitrogens with zero attached hydrogens (tertiary/aromatic N) is 2. The molecular weight excluding hydrogens is 381 g/mol. The molecule has 162 valence electrons. The van der Waals surface area contributed by atoms with Gasteiger partial charge in [-0.2, -0.15) is 0 Å². The van der Waals surface area contributed by atoms with Crippen LogP contribution in [-0.4, -0.2) is 57.5 Å². The molecule has 0 aliphatic rings. The molecule has 0 heterocycles. The van der Waals surface area contributed by atoms with Crippen LogP contribution in [0.3, 0.4) is 0 Å². The average molecular weight is 414 g/mol. The first-order valence-corrected chi connectivity index (χ1v) is 10.2. The molecular formula is C23H32FN5O. The van der Waals surface area contributed by atoms with E-state index in [0.717, 1.165) is 24.1 Å². The molecule has 1 atom stereocenters. The van der Waals surface area contributed by atoms with Gasteiger partial charge in [0, 0.05) is 25.7 Å². The first-order chi connectivity index (χ1) is 14.4. The minimum Gasteiger partial charge on any atom is -0.357 e. The molecule has 0 aliphatic heterocycles. The molecule has 0 saturated carbocycles. The Hall–Kier alpha value is -2.93. The summed E-state index contributed by atoms with van der Waals surface area (Å²) in [5.74, 6) is 0.377. The zero-order chi connectivity index (χ0) is 21.9. The predicted molar refractivity (Wildman–Crippen MR) is 120 cm³/mol. The van der Waals surface area contributed by atoms with Crippen molar-refractivity contribution in [3.8, 4) is 0 Å². The van der Waals surface area contributed by atoms with E-state index in [4.69, 9.17) is 4.99 Å². The molecule has 3 N–H and O–H groups in total. The van der Waals surface area contributed by atoms with E-state index in [-0.39, 0.29) is 17.8 Å². The van der Waals surface area contributed by atoms with E-state index in [1.807, 2.05) is 50.2 Å². The Morgan fingerprint density at radius 1 is 1.13 bits per heavy atom. The summed E-state index contributed by atoms with van der Waals surface area (Å²) in [4.78, 5) is 18.5. The fourth-order valence-electron chi connectivity index (χ4n) is 3.14. The number of rotatable bonds is 9. The first kappa shape index (κ1) is 23.3. The van der Waals surface area contributed by atoms with E-state index in [1.165, 1.54) is 6.07 Å². The van der Waals surface area contributed by atoms with Crippen LogP contribution in [0.1, 0.15) is 34.5 Å². The fraction of sp³-hybridized carbons (Fsp3) is 0.391. The number of carbonyl (C=O) groups is 1. The Labute approximate surface area is 178 Å². The van der Waals surface area contributed by atoms with Crippen molar-refractivity contribution in [3.05, 3.63) is 71.0 Å². The van der Waals surface area contributed by atoms with Crippen LogP contribution in [0, 0.1) is 5.82 Å². The predicted octanol–water partition coefficient (Wildman–Crippen LogP) is 2.59. The maximum Gasteiger partial charge on any atom is 0.251 e. The molecule has 0 saturated heterocycles. The lowest BCUT2D eigenvalue weighted by Crippen LogP contribution is -2.39. The second kappa shape index (κ2) is 11.9. The third-order valence-electron chi connectivity index (χ3n) is 4.75. The molecule has 7 heteroatoms. The van der Waals surface area contributed by atoms with Gasteiger partial charge in [-0.3, -0.25) is 9.79 Å². The molecule has 2 rings (SSSR count). The van der Waals surface area contributed by atoms with Crippen molar-refractivity contribution >= 4 is 11.9 Å². The van der Waals surface area contributed by atoms with Gasteiger partial charge in [-0.25, -0.2) is 4.39 Å². The van der Waals surface area contributed by atoms with Crippen LogP contribution in [-0.2, 0) is 6.42 Å². The summed E-state index contributed by atoms with van der Waals surface area (Å²) in [7, 11) is 5.55. The van der Waals surface area contributed by atoms with Crippen LogP contribution in [0.15, 0.2) is 53.5 Å². The van der Waals surface area contributed by atoms with Gasteiger partial charge < -0.3 is 20.9 Å². The summed E-state index contributed by atoms with van der Waals surface area (Å²) < 4.78 is 13.6. The maximum absolute atomic E-state index is 13.6. The molecule has 1 unspecified atom stereocenters. The van der Waals surface area contributed by atoms with Gasteiger partial charge in [0.1, 0.15) is 5.82 Å². The summed E-state index contributed by atoms with van der Waals surface area (Å²) in [5.41, 5.74) is 2.62. The number of likely N-dealkylation sites (N-methyl/N-ethyl adjacent to an activating group) is 1. The lowest BCUT2D eigenvalue weighted by molar-refractivity contribution is 0.0963. The van der Waals surface area contributed by atoms with E-state index < -0.39 is 0 Å². The third kappa shape index (κ3) is 7.15. The van der Waals surface area contributed by atoms with E-state index in [0.29, 0.717) is 24.6 Å². The molecule has 30 heavy (non-hydrogen) atoms. The van der Waals surface area contributed by atoms with Crippen LogP contribution in [0.5, 0.6) is 0 Å². The number of carbonyl (C=O) groups excluding carboxylic acids is 1. The number of hydrogen-bond donors (Lipinski definition) is 3. The van der Waals surface area contributed by atoms with E-state index >= 15 is 0 Å². The first-order valence-electron chi connectivity index (χ1n) is 10.2. The minimum absolute atomic E-state index is 0.0274. The summed E-state index contributed by atoms with van der Waals surface area (Å²) in [6.45, 7) is 3.93. The monoisotopic (exact) mass is 413 g/mol. The topological polar surface area (TPSA) is 68.8 Å². The Bertz CT molecular complexity index is 853. The summed E-state index contributed by atoms with van der Waals surface area (Å²) in [6, 6.07) is 14.2. The number of benzene rings is 2. The number of nitrogens with one attached hydrogen (secondary N) is 3. The van der Waals surface area contributed by atoms with Gasteiger partial charge in [0.25, 0.3) is 5.91 Å². The zero-order valence-electron chi connectivity index (χ0n) is 18.2. The summed E-state index contributed by atoms with van der Waals surface area (Å²) in [6.07, 6.45) is 0.760. The van der Waals surface area contributed by atoms with E-state index in [9.17, 15) is 9.18 Å². The van der Waals surface area contributed by atoms with Gasteiger partial charge in [-0.05, 0) is 62.8 Å². The van der Waals surface area contributed by atoms with Crippen LogP contribution in [0.2, 0.25) is 0 Å². The van der Waals surface area contributed by atoms with Crippen molar-refractivity contribution in [2.24, 2.45) is 4.99 Å². The minimum atomic E-state index is -0.243. The lowest BCUT2D eigenvalue weighted by Gasteiger charge is -2.23. The van der Waals surface area contributed by atoms with E-state index in [2.05, 4.69) is 16.0 Å². The highest BCUT2D eigenvalue weighted by atomic mass is 19.1. The Kier molecular flexibility index (Phi) is 9.28. The Morgan fingerprint density at radius 2 is 1.90 bits per heavy atom. The van der Waals surface area contributed by atoms with Crippen LogP contribution >= 0.6 is 0 Å². The average Bonchev–Trinajstić information content (AvgIpc) is 2.73. The number of guanidine groups is 1. The molecule has 2 aromatic rings. The van der Waals surface area contributed by atoms with Gasteiger partial charge in [-0.1, -0.05) is 24.3 Å². The number of hydrogen-bond acceptors (Lipinski definition) is 3. The summed E-state index contributed by atoms with van der Waals surface area (Å²) in [5, 5.41) is 9.22. The lowest BCUT2D eigenvalue weighted by atomic mass is 10.1. The van der Waals surface area contributed by atoms with Gasteiger partial charge in [0.15, 0.2) is 5.96 Å². The molecule has 0 bridgehead atoms. The van der Waals surface area contributed by atoms with Crippen molar-refractivity contribution in [2.75, 3.05) is 40.8 Å². The molecule has 0 aliphatic carbocycles. The van der Waals surface area contributed by atoms with Crippen molar-refractivity contribution in [2.45, 2.75) is 19.4 Å². The molecule has 0 fully saturated rings. The molecule has 0 aromatic heterocycles. The van der Waals surface area contributed by atoms with Crippen molar-refractivity contribution in [1.82, 2.24) is 20.9 Å². The number of halogens is 1. The maximum atomic E-state index is 13.6. The third-order valence-corrected chi connectivity index (χ3v) is 4.75. The second-order valence-corrected chi connectivity index (χ2v) is 7.21. The van der Waals surface area contributed by atoms with Crippen molar-refractivity contribution in [3.63, 3.8) is 0 Å². The highest BCUT2D eigenvalue weighted by molar-refractivity contribution is 5.94. The Balaban J connectivity index is 2.00. The molecule has 6 nitrogen and oxygen atoms in total.